The van der Waals surface area contributed by atoms with Crippen LogP contribution in [0.4, 0.5) is 5.69 Å². The van der Waals surface area contributed by atoms with E-state index in [1.165, 1.54) is 10.6 Å². The standard InChI is InChI=1S/C23H30N2O5S/c1-16-7-8-17(2)20(14-16)25(31(4,27)28)11-5-6-23(26)24-18(3)19-9-10-21-22(15-19)30-13-12-29-21/h7-10,14-15,18H,5-6,11-13H2,1-4H3,(H,24,26)/t18-/m1/s1. The van der Waals surface area contributed by atoms with Gasteiger partial charge in [-0.25, -0.2) is 8.42 Å². The average Bonchev–Trinajstić information content (AvgIpc) is 2.72. The molecule has 0 saturated heterocycles. The van der Waals surface area contributed by atoms with Gasteiger partial charge in [-0.1, -0.05) is 18.2 Å². The third-order valence-corrected chi connectivity index (χ3v) is 6.42. The molecule has 0 radical (unpaired) electrons. The van der Waals surface area contributed by atoms with Crippen molar-refractivity contribution in [2.45, 2.75) is 39.7 Å². The lowest BCUT2D eigenvalue weighted by molar-refractivity contribution is -0.121. The maximum atomic E-state index is 12.5. The van der Waals surface area contributed by atoms with Crippen molar-refractivity contribution in [2.24, 2.45) is 0 Å². The highest BCUT2D eigenvalue weighted by Crippen LogP contribution is 2.32. The van der Waals surface area contributed by atoms with E-state index < -0.39 is 10.0 Å². The second-order valence-electron chi connectivity index (χ2n) is 7.92. The molecular formula is C23H30N2O5S. The molecule has 0 fully saturated rings. The molecule has 0 aromatic heterocycles. The molecule has 0 saturated carbocycles. The summed E-state index contributed by atoms with van der Waals surface area (Å²) in [6.07, 6.45) is 1.84. The smallest absolute Gasteiger partial charge is 0.232 e. The molecular weight excluding hydrogens is 416 g/mol. The van der Waals surface area contributed by atoms with Crippen LogP contribution in [-0.2, 0) is 14.8 Å². The maximum Gasteiger partial charge on any atom is 0.232 e. The summed E-state index contributed by atoms with van der Waals surface area (Å²) in [4.78, 5) is 12.5. The molecule has 168 valence electrons. The topological polar surface area (TPSA) is 84.9 Å². The molecule has 0 aliphatic carbocycles. The number of amides is 1. The van der Waals surface area contributed by atoms with E-state index >= 15 is 0 Å². The van der Waals surface area contributed by atoms with E-state index in [1.807, 2.05) is 57.2 Å². The Morgan fingerprint density at radius 2 is 1.81 bits per heavy atom. The van der Waals surface area contributed by atoms with Crippen molar-refractivity contribution in [1.29, 1.82) is 0 Å². The summed E-state index contributed by atoms with van der Waals surface area (Å²) >= 11 is 0. The molecule has 1 atom stereocenters. The van der Waals surface area contributed by atoms with Gasteiger partial charge < -0.3 is 14.8 Å². The quantitative estimate of drug-likeness (QED) is 0.671. The molecule has 0 spiro atoms. The Labute approximate surface area is 184 Å². The van der Waals surface area contributed by atoms with Gasteiger partial charge in [0, 0.05) is 13.0 Å². The van der Waals surface area contributed by atoms with E-state index in [4.69, 9.17) is 9.47 Å². The highest BCUT2D eigenvalue weighted by atomic mass is 32.2. The Balaban J connectivity index is 1.58. The third-order valence-electron chi connectivity index (χ3n) is 5.24. The molecule has 31 heavy (non-hydrogen) atoms. The number of benzene rings is 2. The van der Waals surface area contributed by atoms with E-state index in [9.17, 15) is 13.2 Å². The first-order valence-electron chi connectivity index (χ1n) is 10.4. The number of rotatable bonds is 8. The molecule has 0 bridgehead atoms. The van der Waals surface area contributed by atoms with Crippen LogP contribution in [0.15, 0.2) is 36.4 Å². The van der Waals surface area contributed by atoms with Crippen molar-refractivity contribution in [3.63, 3.8) is 0 Å². The molecule has 2 aromatic rings. The highest BCUT2D eigenvalue weighted by molar-refractivity contribution is 7.92. The van der Waals surface area contributed by atoms with Gasteiger partial charge in [-0.15, -0.1) is 0 Å². The summed E-state index contributed by atoms with van der Waals surface area (Å²) in [7, 11) is -3.45. The summed E-state index contributed by atoms with van der Waals surface area (Å²) < 4.78 is 37.2. The molecule has 7 nitrogen and oxygen atoms in total. The Morgan fingerprint density at radius 3 is 2.52 bits per heavy atom. The second kappa shape index (κ2) is 9.60. The minimum Gasteiger partial charge on any atom is -0.486 e. The summed E-state index contributed by atoms with van der Waals surface area (Å²) in [5, 5.41) is 2.97. The van der Waals surface area contributed by atoms with E-state index in [0.29, 0.717) is 36.8 Å². The largest absolute Gasteiger partial charge is 0.486 e. The minimum absolute atomic E-state index is 0.128. The van der Waals surface area contributed by atoms with Crippen LogP contribution < -0.4 is 19.1 Å². The Kier molecular flexibility index (Phi) is 7.10. The van der Waals surface area contributed by atoms with Gasteiger partial charge in [-0.3, -0.25) is 9.10 Å². The fourth-order valence-corrected chi connectivity index (χ4v) is 4.58. The van der Waals surface area contributed by atoms with Crippen molar-refractivity contribution in [1.82, 2.24) is 5.32 Å². The summed E-state index contributed by atoms with van der Waals surface area (Å²) in [6.45, 7) is 7.00. The van der Waals surface area contributed by atoms with Crippen LogP contribution in [0.25, 0.3) is 0 Å². The summed E-state index contributed by atoms with van der Waals surface area (Å²) in [5.41, 5.74) is 3.45. The van der Waals surface area contributed by atoms with Gasteiger partial charge in [0.2, 0.25) is 15.9 Å². The number of hydrogen-bond donors (Lipinski definition) is 1. The molecule has 1 aliphatic heterocycles. The normalized spacial score (nSPS) is 14.1. The molecule has 2 aromatic carbocycles. The van der Waals surface area contributed by atoms with Gasteiger partial charge >= 0.3 is 0 Å². The SMILES string of the molecule is Cc1ccc(C)c(N(CCCC(=O)N[C@H](C)c2ccc3c(c2)OCCO3)S(C)(=O)=O)c1. The number of hydrogen-bond acceptors (Lipinski definition) is 5. The highest BCUT2D eigenvalue weighted by Gasteiger charge is 2.20. The molecule has 1 heterocycles. The van der Waals surface area contributed by atoms with Crippen molar-refractivity contribution in [3.8, 4) is 11.5 Å². The Hall–Kier alpha value is -2.74. The number of ether oxygens (including phenoxy) is 2. The first kappa shape index (κ1) is 22.9. The molecule has 8 heteroatoms. The number of sulfonamides is 1. The predicted octanol–water partition coefficient (Wildman–Crippen LogP) is 3.50. The lowest BCUT2D eigenvalue weighted by Crippen LogP contribution is -2.33. The van der Waals surface area contributed by atoms with E-state index in [0.717, 1.165) is 16.7 Å². The first-order chi connectivity index (χ1) is 14.6. The van der Waals surface area contributed by atoms with Gasteiger partial charge in [-0.05, 0) is 62.1 Å². The summed E-state index contributed by atoms with van der Waals surface area (Å²) in [5.74, 6) is 1.26. The second-order valence-corrected chi connectivity index (χ2v) is 9.83. The Bertz CT molecular complexity index is 1050. The lowest BCUT2D eigenvalue weighted by Gasteiger charge is -2.25. The molecule has 1 amide bonds. The van der Waals surface area contributed by atoms with Gasteiger partial charge in [0.05, 0.1) is 18.0 Å². The zero-order chi connectivity index (χ0) is 22.6. The fourth-order valence-electron chi connectivity index (χ4n) is 3.56. The molecule has 3 rings (SSSR count). The number of anilines is 1. The number of aryl methyl sites for hydroxylation is 2. The number of nitrogens with zero attached hydrogens (tertiary/aromatic N) is 1. The monoisotopic (exact) mass is 446 g/mol. The minimum atomic E-state index is -3.45. The van der Waals surface area contributed by atoms with Crippen molar-refractivity contribution >= 4 is 21.6 Å². The van der Waals surface area contributed by atoms with Crippen molar-refractivity contribution in [2.75, 3.05) is 30.3 Å². The maximum absolute atomic E-state index is 12.5. The Morgan fingerprint density at radius 1 is 1.10 bits per heavy atom. The molecule has 0 unspecified atom stereocenters. The van der Waals surface area contributed by atoms with Crippen LogP contribution >= 0.6 is 0 Å². The van der Waals surface area contributed by atoms with E-state index in [1.54, 1.807) is 0 Å². The average molecular weight is 447 g/mol. The van der Waals surface area contributed by atoms with Crippen LogP contribution in [0, 0.1) is 13.8 Å². The van der Waals surface area contributed by atoms with Gasteiger partial charge in [0.1, 0.15) is 13.2 Å². The molecule has 1 aliphatic rings. The van der Waals surface area contributed by atoms with Crippen LogP contribution in [0.1, 0.15) is 42.5 Å². The van der Waals surface area contributed by atoms with E-state index in [2.05, 4.69) is 5.32 Å². The van der Waals surface area contributed by atoms with Gasteiger partial charge in [0.25, 0.3) is 0 Å². The van der Waals surface area contributed by atoms with Gasteiger partial charge in [0.15, 0.2) is 11.5 Å². The van der Waals surface area contributed by atoms with Gasteiger partial charge in [-0.2, -0.15) is 0 Å². The lowest BCUT2D eigenvalue weighted by atomic mass is 10.1. The van der Waals surface area contributed by atoms with Crippen LogP contribution in [0.3, 0.4) is 0 Å². The summed E-state index contributed by atoms with van der Waals surface area (Å²) in [6, 6.07) is 11.2. The number of nitrogens with one attached hydrogen (secondary N) is 1. The van der Waals surface area contributed by atoms with Crippen LogP contribution in [-0.4, -0.2) is 40.3 Å². The first-order valence-corrected chi connectivity index (χ1v) is 12.2. The zero-order valence-electron chi connectivity index (χ0n) is 18.5. The van der Waals surface area contributed by atoms with Crippen LogP contribution in [0.2, 0.25) is 0 Å². The third kappa shape index (κ3) is 5.91. The van der Waals surface area contributed by atoms with E-state index in [-0.39, 0.29) is 24.9 Å². The van der Waals surface area contributed by atoms with Crippen molar-refractivity contribution in [3.05, 3.63) is 53.1 Å². The zero-order valence-corrected chi connectivity index (χ0v) is 19.3. The number of carbonyl (C=O) groups is 1. The predicted molar refractivity (Wildman–Crippen MR) is 121 cm³/mol. The number of fused-ring (bicyclic) bond motifs is 1. The van der Waals surface area contributed by atoms with Crippen LogP contribution in [0.5, 0.6) is 11.5 Å². The van der Waals surface area contributed by atoms with Crippen molar-refractivity contribution < 1.29 is 22.7 Å². The number of carbonyl (C=O) groups excluding carboxylic acids is 1. The molecule has 1 N–H and O–H groups in total. The fraction of sp³-hybridized carbons (Fsp3) is 0.435.